The number of esters is 1. The molecule has 0 fully saturated rings. The lowest BCUT2D eigenvalue weighted by molar-refractivity contribution is -0.123. The SMILES string of the molecule is Cc1ccc2nc(C)cc(C(=O)OC(C)C(=O)Nc3ccc(F)cc3Cl)c2c1. The van der Waals surface area contributed by atoms with E-state index in [1.807, 2.05) is 25.1 Å². The maximum absolute atomic E-state index is 13.1. The Hall–Kier alpha value is -2.99. The van der Waals surface area contributed by atoms with Crippen LogP contribution in [0.15, 0.2) is 42.5 Å². The summed E-state index contributed by atoms with van der Waals surface area (Å²) in [4.78, 5) is 29.5. The van der Waals surface area contributed by atoms with Crippen LogP contribution in [0.1, 0.15) is 28.5 Å². The van der Waals surface area contributed by atoms with Crippen molar-refractivity contribution in [3.05, 3.63) is 70.1 Å². The number of pyridine rings is 1. The summed E-state index contributed by atoms with van der Waals surface area (Å²) in [5.41, 5.74) is 2.89. The largest absolute Gasteiger partial charge is 0.449 e. The van der Waals surface area contributed by atoms with Crippen LogP contribution in [-0.2, 0) is 9.53 Å². The number of benzene rings is 2. The van der Waals surface area contributed by atoms with E-state index in [0.717, 1.165) is 11.6 Å². The van der Waals surface area contributed by atoms with Crippen molar-refractivity contribution in [3.63, 3.8) is 0 Å². The summed E-state index contributed by atoms with van der Waals surface area (Å²) in [6.07, 6.45) is -1.08. The van der Waals surface area contributed by atoms with Crippen molar-refractivity contribution in [2.75, 3.05) is 5.32 Å². The third-order valence-electron chi connectivity index (χ3n) is 4.15. The van der Waals surface area contributed by atoms with Crippen molar-refractivity contribution in [2.45, 2.75) is 26.9 Å². The fraction of sp³-hybridized carbons (Fsp3) is 0.190. The second-order valence-corrected chi connectivity index (χ2v) is 6.90. The van der Waals surface area contributed by atoms with Gasteiger partial charge in [-0.25, -0.2) is 9.18 Å². The van der Waals surface area contributed by atoms with Crippen molar-refractivity contribution in [1.82, 2.24) is 4.98 Å². The molecule has 28 heavy (non-hydrogen) atoms. The fourth-order valence-corrected chi connectivity index (χ4v) is 2.96. The second-order valence-electron chi connectivity index (χ2n) is 6.49. The van der Waals surface area contributed by atoms with Crippen molar-refractivity contribution in [2.24, 2.45) is 0 Å². The van der Waals surface area contributed by atoms with Crippen LogP contribution in [0, 0.1) is 19.7 Å². The first-order valence-corrected chi connectivity index (χ1v) is 8.97. The van der Waals surface area contributed by atoms with Gasteiger partial charge in [-0.15, -0.1) is 0 Å². The summed E-state index contributed by atoms with van der Waals surface area (Å²) < 4.78 is 18.5. The molecule has 0 aliphatic heterocycles. The van der Waals surface area contributed by atoms with E-state index >= 15 is 0 Å². The highest BCUT2D eigenvalue weighted by molar-refractivity contribution is 6.33. The minimum absolute atomic E-state index is 0.0538. The molecule has 0 aliphatic rings. The normalized spacial score (nSPS) is 11.9. The van der Waals surface area contributed by atoms with Crippen LogP contribution in [0.2, 0.25) is 5.02 Å². The molecule has 1 amide bonds. The molecule has 0 bridgehead atoms. The Labute approximate surface area is 166 Å². The number of ether oxygens (including phenoxy) is 1. The average Bonchev–Trinajstić information content (AvgIpc) is 2.63. The number of aromatic nitrogens is 1. The van der Waals surface area contributed by atoms with E-state index < -0.39 is 23.8 Å². The Bertz CT molecular complexity index is 1080. The van der Waals surface area contributed by atoms with Crippen LogP contribution in [0.4, 0.5) is 10.1 Å². The highest BCUT2D eigenvalue weighted by Crippen LogP contribution is 2.24. The van der Waals surface area contributed by atoms with Gasteiger partial charge in [0.2, 0.25) is 0 Å². The summed E-state index contributed by atoms with van der Waals surface area (Å²) in [5.74, 6) is -1.72. The molecule has 1 aromatic heterocycles. The number of carbonyl (C=O) groups excluding carboxylic acids is 2. The Kier molecular flexibility index (Phi) is 5.61. The smallest absolute Gasteiger partial charge is 0.339 e. The van der Waals surface area contributed by atoms with Crippen LogP contribution in [0.3, 0.4) is 0 Å². The topological polar surface area (TPSA) is 68.3 Å². The first kappa shape index (κ1) is 19.8. The standard InChI is InChI=1S/C21H18ClFN2O3/c1-11-4-6-18-15(8-11)16(9-12(2)24-18)21(27)28-13(3)20(26)25-19-7-5-14(23)10-17(19)22/h4-10,13H,1-3H3,(H,25,26). The van der Waals surface area contributed by atoms with Gasteiger partial charge in [0.1, 0.15) is 5.82 Å². The Balaban J connectivity index is 1.79. The van der Waals surface area contributed by atoms with E-state index in [1.165, 1.54) is 19.1 Å². The van der Waals surface area contributed by atoms with Gasteiger partial charge in [-0.05, 0) is 57.2 Å². The van der Waals surface area contributed by atoms with Gasteiger partial charge in [0.15, 0.2) is 6.10 Å². The first-order valence-electron chi connectivity index (χ1n) is 8.59. The van der Waals surface area contributed by atoms with Gasteiger partial charge in [-0.3, -0.25) is 9.78 Å². The second kappa shape index (κ2) is 7.94. The quantitative estimate of drug-likeness (QED) is 0.637. The van der Waals surface area contributed by atoms with Gasteiger partial charge in [-0.2, -0.15) is 0 Å². The zero-order chi connectivity index (χ0) is 20.4. The molecule has 3 rings (SSSR count). The maximum Gasteiger partial charge on any atom is 0.339 e. The van der Waals surface area contributed by atoms with Crippen molar-refractivity contribution < 1.29 is 18.7 Å². The minimum atomic E-state index is -1.08. The Morgan fingerprint density at radius 3 is 2.61 bits per heavy atom. The number of halogens is 2. The van der Waals surface area contributed by atoms with Crippen LogP contribution in [-0.4, -0.2) is 23.0 Å². The molecule has 0 saturated carbocycles. The number of hydrogen-bond acceptors (Lipinski definition) is 4. The number of nitrogens with one attached hydrogen (secondary N) is 1. The third-order valence-corrected chi connectivity index (χ3v) is 4.47. The van der Waals surface area contributed by atoms with Gasteiger partial charge in [-0.1, -0.05) is 23.2 Å². The van der Waals surface area contributed by atoms with Gasteiger partial charge in [0.25, 0.3) is 5.91 Å². The van der Waals surface area contributed by atoms with E-state index in [9.17, 15) is 14.0 Å². The molecule has 2 aromatic carbocycles. The number of aryl methyl sites for hydroxylation is 2. The Morgan fingerprint density at radius 2 is 1.89 bits per heavy atom. The maximum atomic E-state index is 13.1. The highest BCUT2D eigenvalue weighted by atomic mass is 35.5. The number of nitrogens with zero attached hydrogens (tertiary/aromatic N) is 1. The zero-order valence-corrected chi connectivity index (χ0v) is 16.3. The molecule has 0 aliphatic carbocycles. The lowest BCUT2D eigenvalue weighted by atomic mass is 10.1. The predicted molar refractivity (Wildman–Crippen MR) is 106 cm³/mol. The molecule has 1 heterocycles. The van der Waals surface area contributed by atoms with Crippen LogP contribution in [0.25, 0.3) is 10.9 Å². The summed E-state index contributed by atoms with van der Waals surface area (Å²) in [6.45, 7) is 5.14. The molecule has 0 spiro atoms. The van der Waals surface area contributed by atoms with Crippen LogP contribution < -0.4 is 5.32 Å². The molecular formula is C21H18ClFN2O3. The lowest BCUT2D eigenvalue weighted by Crippen LogP contribution is -2.30. The number of hydrogen-bond donors (Lipinski definition) is 1. The molecular weight excluding hydrogens is 383 g/mol. The molecule has 5 nitrogen and oxygen atoms in total. The zero-order valence-electron chi connectivity index (χ0n) is 15.5. The summed E-state index contributed by atoms with van der Waals surface area (Å²) >= 11 is 5.91. The Morgan fingerprint density at radius 1 is 1.14 bits per heavy atom. The summed E-state index contributed by atoms with van der Waals surface area (Å²) in [6, 6.07) is 10.8. The number of rotatable bonds is 4. The van der Waals surface area contributed by atoms with E-state index in [2.05, 4.69) is 10.3 Å². The van der Waals surface area contributed by atoms with Gasteiger partial charge in [0.05, 0.1) is 21.8 Å². The minimum Gasteiger partial charge on any atom is -0.449 e. The van der Waals surface area contributed by atoms with Gasteiger partial charge >= 0.3 is 5.97 Å². The van der Waals surface area contributed by atoms with Crippen molar-refractivity contribution in [1.29, 1.82) is 0 Å². The number of fused-ring (bicyclic) bond motifs is 1. The molecule has 144 valence electrons. The number of anilines is 1. The molecule has 0 radical (unpaired) electrons. The van der Waals surface area contributed by atoms with Crippen molar-refractivity contribution >= 4 is 40.1 Å². The van der Waals surface area contributed by atoms with E-state index in [4.69, 9.17) is 16.3 Å². The monoisotopic (exact) mass is 400 g/mol. The molecule has 1 atom stereocenters. The number of amides is 1. The van der Waals surface area contributed by atoms with Crippen LogP contribution >= 0.6 is 11.6 Å². The molecule has 0 saturated heterocycles. The fourth-order valence-electron chi connectivity index (χ4n) is 2.74. The predicted octanol–water partition coefficient (Wildman–Crippen LogP) is 4.83. The van der Waals surface area contributed by atoms with E-state index in [0.29, 0.717) is 22.2 Å². The average molecular weight is 401 g/mol. The van der Waals surface area contributed by atoms with Crippen LogP contribution in [0.5, 0.6) is 0 Å². The molecule has 7 heteroatoms. The van der Waals surface area contributed by atoms with Gasteiger partial charge < -0.3 is 10.1 Å². The summed E-state index contributed by atoms with van der Waals surface area (Å²) in [5, 5.41) is 3.24. The molecule has 3 aromatic rings. The van der Waals surface area contributed by atoms with Gasteiger partial charge in [0, 0.05) is 11.1 Å². The molecule has 1 N–H and O–H groups in total. The van der Waals surface area contributed by atoms with E-state index in [-0.39, 0.29) is 10.7 Å². The first-order chi connectivity index (χ1) is 13.2. The number of carbonyl (C=O) groups is 2. The lowest BCUT2D eigenvalue weighted by Gasteiger charge is -2.15. The highest BCUT2D eigenvalue weighted by Gasteiger charge is 2.22. The third kappa shape index (κ3) is 4.28. The van der Waals surface area contributed by atoms with E-state index in [1.54, 1.807) is 13.0 Å². The van der Waals surface area contributed by atoms with Crippen molar-refractivity contribution in [3.8, 4) is 0 Å². The summed E-state index contributed by atoms with van der Waals surface area (Å²) in [7, 11) is 0. The molecule has 1 unspecified atom stereocenters.